The molecule has 0 bridgehead atoms. The fourth-order valence-corrected chi connectivity index (χ4v) is 3.28. The molecule has 23 heavy (non-hydrogen) atoms. The minimum absolute atomic E-state index is 0.0773. The first-order valence-electron chi connectivity index (χ1n) is 7.97. The Morgan fingerprint density at radius 1 is 1.22 bits per heavy atom. The number of anilines is 1. The van der Waals surface area contributed by atoms with Gasteiger partial charge < -0.3 is 19.5 Å². The van der Waals surface area contributed by atoms with Crippen molar-refractivity contribution in [3.63, 3.8) is 0 Å². The van der Waals surface area contributed by atoms with Gasteiger partial charge in [-0.25, -0.2) is 4.79 Å². The van der Waals surface area contributed by atoms with Gasteiger partial charge in [-0.05, 0) is 30.2 Å². The number of nitrogens with one attached hydrogen (secondary N) is 1. The SMILES string of the molecule is COc1ccccc1NC(=O)N1CCn2cccc2[C@H]1C(C)C. The van der Waals surface area contributed by atoms with Crippen LogP contribution >= 0.6 is 0 Å². The Bertz CT molecular complexity index is 693. The van der Waals surface area contributed by atoms with Crippen molar-refractivity contribution in [3.05, 3.63) is 48.3 Å². The number of benzene rings is 1. The molecule has 1 atom stereocenters. The molecule has 3 rings (SSSR count). The molecule has 1 aliphatic rings. The maximum Gasteiger partial charge on any atom is 0.322 e. The van der Waals surface area contributed by atoms with E-state index in [1.807, 2.05) is 35.2 Å². The third-order valence-electron chi connectivity index (χ3n) is 4.33. The Hall–Kier alpha value is -2.43. The molecular weight excluding hydrogens is 290 g/mol. The second kappa shape index (κ2) is 6.36. The number of rotatable bonds is 3. The van der Waals surface area contributed by atoms with E-state index in [1.165, 1.54) is 5.69 Å². The van der Waals surface area contributed by atoms with Crippen molar-refractivity contribution < 1.29 is 9.53 Å². The summed E-state index contributed by atoms with van der Waals surface area (Å²) in [6.45, 7) is 5.82. The number of carbonyl (C=O) groups excluding carboxylic acids is 1. The Labute approximate surface area is 136 Å². The van der Waals surface area contributed by atoms with Gasteiger partial charge in [0.05, 0.1) is 18.8 Å². The van der Waals surface area contributed by atoms with Crippen molar-refractivity contribution in [2.45, 2.75) is 26.4 Å². The van der Waals surface area contributed by atoms with E-state index < -0.39 is 0 Å². The fourth-order valence-electron chi connectivity index (χ4n) is 3.28. The van der Waals surface area contributed by atoms with Crippen LogP contribution < -0.4 is 10.1 Å². The molecule has 2 heterocycles. The zero-order valence-electron chi connectivity index (χ0n) is 13.8. The minimum atomic E-state index is -0.0827. The van der Waals surface area contributed by atoms with Crippen molar-refractivity contribution in [2.75, 3.05) is 19.0 Å². The molecule has 5 heteroatoms. The van der Waals surface area contributed by atoms with Crippen LogP contribution in [0.25, 0.3) is 0 Å². The zero-order chi connectivity index (χ0) is 16.4. The molecule has 2 aromatic rings. The molecule has 0 radical (unpaired) electrons. The van der Waals surface area contributed by atoms with Gasteiger partial charge in [0.2, 0.25) is 0 Å². The van der Waals surface area contributed by atoms with E-state index in [9.17, 15) is 4.79 Å². The number of ether oxygens (including phenoxy) is 1. The number of hydrogen-bond acceptors (Lipinski definition) is 2. The van der Waals surface area contributed by atoms with Crippen LogP contribution in [0.5, 0.6) is 5.75 Å². The van der Waals surface area contributed by atoms with E-state index in [4.69, 9.17) is 4.74 Å². The lowest BCUT2D eigenvalue weighted by Crippen LogP contribution is -2.45. The third-order valence-corrected chi connectivity index (χ3v) is 4.33. The second-order valence-electron chi connectivity index (χ2n) is 6.14. The van der Waals surface area contributed by atoms with Gasteiger partial charge in [0.15, 0.2) is 0 Å². The van der Waals surface area contributed by atoms with Crippen LogP contribution in [-0.4, -0.2) is 29.2 Å². The lowest BCUT2D eigenvalue weighted by atomic mass is 9.97. The van der Waals surface area contributed by atoms with E-state index in [0.717, 1.165) is 6.54 Å². The summed E-state index contributed by atoms with van der Waals surface area (Å²) >= 11 is 0. The minimum Gasteiger partial charge on any atom is -0.495 e. The summed E-state index contributed by atoms with van der Waals surface area (Å²) in [4.78, 5) is 14.8. The van der Waals surface area contributed by atoms with Gasteiger partial charge >= 0.3 is 6.03 Å². The highest BCUT2D eigenvalue weighted by molar-refractivity contribution is 5.91. The number of amides is 2. The van der Waals surface area contributed by atoms with E-state index in [-0.39, 0.29) is 12.1 Å². The molecule has 0 unspecified atom stereocenters. The fraction of sp³-hybridized carbons (Fsp3) is 0.389. The van der Waals surface area contributed by atoms with Crippen LogP contribution in [0.1, 0.15) is 25.6 Å². The van der Waals surface area contributed by atoms with Crippen LogP contribution in [-0.2, 0) is 6.54 Å². The average Bonchev–Trinajstić information content (AvgIpc) is 3.02. The normalized spacial score (nSPS) is 17.0. The van der Waals surface area contributed by atoms with Crippen LogP contribution in [0, 0.1) is 5.92 Å². The molecule has 1 aromatic carbocycles. The maximum absolute atomic E-state index is 12.8. The number of fused-ring (bicyclic) bond motifs is 1. The lowest BCUT2D eigenvalue weighted by molar-refractivity contribution is 0.144. The Balaban J connectivity index is 1.84. The van der Waals surface area contributed by atoms with E-state index in [1.54, 1.807) is 7.11 Å². The average molecular weight is 313 g/mol. The first-order valence-corrected chi connectivity index (χ1v) is 7.97. The highest BCUT2D eigenvalue weighted by Gasteiger charge is 2.33. The highest BCUT2D eigenvalue weighted by atomic mass is 16.5. The summed E-state index contributed by atoms with van der Waals surface area (Å²) in [6.07, 6.45) is 2.08. The molecular formula is C18H23N3O2. The van der Waals surface area contributed by atoms with E-state index >= 15 is 0 Å². The van der Waals surface area contributed by atoms with Crippen LogP contribution in [0.2, 0.25) is 0 Å². The predicted molar refractivity (Wildman–Crippen MR) is 90.7 cm³/mol. The van der Waals surface area contributed by atoms with Crippen molar-refractivity contribution in [2.24, 2.45) is 5.92 Å². The van der Waals surface area contributed by atoms with Gasteiger partial charge in [-0.3, -0.25) is 0 Å². The summed E-state index contributed by atoms with van der Waals surface area (Å²) in [5, 5.41) is 2.99. The summed E-state index contributed by atoms with van der Waals surface area (Å²) in [7, 11) is 1.61. The number of hydrogen-bond donors (Lipinski definition) is 1. The van der Waals surface area contributed by atoms with Crippen molar-refractivity contribution in [1.29, 1.82) is 0 Å². The van der Waals surface area contributed by atoms with Crippen LogP contribution in [0.15, 0.2) is 42.6 Å². The van der Waals surface area contributed by atoms with E-state index in [0.29, 0.717) is 23.9 Å². The predicted octanol–water partition coefficient (Wildman–Crippen LogP) is 3.74. The van der Waals surface area contributed by atoms with Gasteiger partial charge in [0.1, 0.15) is 5.75 Å². The van der Waals surface area contributed by atoms with Gasteiger partial charge in [-0.1, -0.05) is 26.0 Å². The number of urea groups is 1. The molecule has 0 fully saturated rings. The molecule has 0 saturated carbocycles. The van der Waals surface area contributed by atoms with Gasteiger partial charge in [-0.15, -0.1) is 0 Å². The van der Waals surface area contributed by atoms with Gasteiger partial charge in [0, 0.05) is 25.0 Å². The standard InChI is InChI=1S/C18H23N3O2/c1-13(2)17-15-8-6-10-20(15)11-12-21(17)18(22)19-14-7-4-5-9-16(14)23-3/h4-10,13,17H,11-12H2,1-3H3,(H,19,22)/t17-/m1/s1. The van der Waals surface area contributed by atoms with Crippen molar-refractivity contribution >= 4 is 11.7 Å². The summed E-state index contributed by atoms with van der Waals surface area (Å²) < 4.78 is 7.55. The molecule has 2 amide bonds. The maximum atomic E-state index is 12.8. The molecule has 5 nitrogen and oxygen atoms in total. The summed E-state index contributed by atoms with van der Waals surface area (Å²) in [5.74, 6) is 1.01. The number of methoxy groups -OCH3 is 1. The van der Waals surface area contributed by atoms with Crippen molar-refractivity contribution in [3.8, 4) is 5.75 Å². The second-order valence-corrected chi connectivity index (χ2v) is 6.14. The monoisotopic (exact) mass is 313 g/mol. The quantitative estimate of drug-likeness (QED) is 0.938. The largest absolute Gasteiger partial charge is 0.495 e. The zero-order valence-corrected chi connectivity index (χ0v) is 13.8. The number of carbonyl (C=O) groups is 1. The molecule has 122 valence electrons. The molecule has 0 aliphatic carbocycles. The van der Waals surface area contributed by atoms with Gasteiger partial charge in [-0.2, -0.15) is 0 Å². The number of para-hydroxylation sites is 2. The molecule has 0 spiro atoms. The first kappa shape index (κ1) is 15.5. The van der Waals surface area contributed by atoms with Crippen LogP contribution in [0.4, 0.5) is 10.5 Å². The molecule has 1 aromatic heterocycles. The Morgan fingerprint density at radius 2 is 2.00 bits per heavy atom. The molecule has 0 saturated heterocycles. The Morgan fingerprint density at radius 3 is 2.74 bits per heavy atom. The topological polar surface area (TPSA) is 46.5 Å². The van der Waals surface area contributed by atoms with Crippen LogP contribution in [0.3, 0.4) is 0 Å². The summed E-state index contributed by atoms with van der Waals surface area (Å²) in [6, 6.07) is 11.6. The first-order chi connectivity index (χ1) is 11.1. The van der Waals surface area contributed by atoms with Crippen molar-refractivity contribution in [1.82, 2.24) is 9.47 Å². The summed E-state index contributed by atoms with van der Waals surface area (Å²) in [5.41, 5.74) is 1.89. The molecule has 1 N–H and O–H groups in total. The third kappa shape index (κ3) is 2.91. The van der Waals surface area contributed by atoms with E-state index in [2.05, 4.69) is 36.0 Å². The number of nitrogens with zero attached hydrogens (tertiary/aromatic N) is 2. The number of aromatic nitrogens is 1. The smallest absolute Gasteiger partial charge is 0.322 e. The lowest BCUT2D eigenvalue weighted by Gasteiger charge is -2.39. The molecule has 1 aliphatic heterocycles. The Kier molecular flexibility index (Phi) is 4.28. The highest BCUT2D eigenvalue weighted by Crippen LogP contribution is 2.33. The van der Waals surface area contributed by atoms with Gasteiger partial charge in [0.25, 0.3) is 0 Å².